The van der Waals surface area contributed by atoms with Gasteiger partial charge in [-0.2, -0.15) is 0 Å². The number of alkyl halides is 1. The van der Waals surface area contributed by atoms with Crippen molar-refractivity contribution in [1.29, 1.82) is 0 Å². The molecule has 64 valence electrons. The molecule has 1 unspecified atom stereocenters. The number of halogens is 1. The van der Waals surface area contributed by atoms with Gasteiger partial charge in [0.05, 0.1) is 6.61 Å². The summed E-state index contributed by atoms with van der Waals surface area (Å²) in [4.78, 5) is 10.7. The Labute approximate surface area is 66.0 Å². The van der Waals surface area contributed by atoms with Crippen LogP contribution in [-0.4, -0.2) is 18.7 Å². The fourth-order valence-electron chi connectivity index (χ4n) is 0.485. The zero-order valence-corrected chi connectivity index (χ0v) is 7.06. The average molecular weight is 160 g/mol. The van der Waals surface area contributed by atoms with E-state index < -0.39 is 12.1 Å². The maximum Gasteiger partial charge on any atom is 0.330 e. The van der Waals surface area contributed by atoms with E-state index >= 15 is 0 Å². The smallest absolute Gasteiger partial charge is 0.330 e. The van der Waals surface area contributed by atoms with E-state index in [1.807, 2.05) is 0 Å². The Kier molecular flexibility index (Phi) is 4.50. The van der Waals surface area contributed by atoms with Gasteiger partial charge in [-0.15, -0.1) is 0 Å². The van der Waals surface area contributed by atoms with E-state index in [0.717, 1.165) is 0 Å². The molecule has 0 fully saturated rings. The molecule has 0 spiro atoms. The second kappa shape index (κ2) is 4.88. The average Bonchev–Trinajstić information content (AvgIpc) is 1.87. The number of rotatable bonds is 3. The zero-order valence-electron chi connectivity index (χ0n) is 7.06. The van der Waals surface area contributed by atoms with Crippen molar-refractivity contribution in [3.8, 4) is 0 Å². The number of hydrogen-bond acceptors (Lipinski definition) is 2. The largest absolute Gasteiger partial charge is 0.463 e. The van der Waals surface area contributed by atoms with Gasteiger partial charge in [0, 0.05) is 6.08 Å². The lowest BCUT2D eigenvalue weighted by Crippen LogP contribution is -2.03. The second-order valence-electron chi connectivity index (χ2n) is 2.26. The fourth-order valence-corrected chi connectivity index (χ4v) is 0.485. The molecule has 0 heterocycles. The molecule has 0 aliphatic rings. The monoisotopic (exact) mass is 160 g/mol. The van der Waals surface area contributed by atoms with E-state index in [1.54, 1.807) is 13.8 Å². The summed E-state index contributed by atoms with van der Waals surface area (Å²) in [7, 11) is 0. The molecule has 0 saturated heterocycles. The lowest BCUT2D eigenvalue weighted by atomic mass is 10.2. The van der Waals surface area contributed by atoms with Crippen molar-refractivity contribution in [3.63, 3.8) is 0 Å². The highest BCUT2D eigenvalue weighted by atomic mass is 19.1. The molecular formula is C8H13FO2. The molecule has 0 aromatic rings. The Hall–Kier alpha value is -0.860. The molecule has 0 aromatic heterocycles. The summed E-state index contributed by atoms with van der Waals surface area (Å²) in [5, 5.41) is 0. The summed E-state index contributed by atoms with van der Waals surface area (Å²) in [5.74, 6) is -0.477. The van der Waals surface area contributed by atoms with Crippen molar-refractivity contribution in [1.82, 2.24) is 0 Å². The maximum absolute atomic E-state index is 12.4. The summed E-state index contributed by atoms with van der Waals surface area (Å²) in [5.41, 5.74) is 0.392. The molecule has 11 heavy (non-hydrogen) atoms. The first-order valence-corrected chi connectivity index (χ1v) is 3.57. The van der Waals surface area contributed by atoms with Gasteiger partial charge in [-0.05, 0) is 26.3 Å². The Morgan fingerprint density at radius 1 is 1.73 bits per heavy atom. The molecule has 1 atom stereocenters. The summed E-state index contributed by atoms with van der Waals surface area (Å²) in [6, 6.07) is 0. The van der Waals surface area contributed by atoms with Gasteiger partial charge in [0.2, 0.25) is 0 Å². The molecule has 2 nitrogen and oxygen atoms in total. The third-order valence-corrected chi connectivity index (χ3v) is 1.26. The standard InChI is InChI=1S/C8H13FO2/c1-4-11-8(10)5-6(2)7(3)9/h5,7H,4H2,1-3H3. The first kappa shape index (κ1) is 10.1. The normalized spacial score (nSPS) is 14.4. The van der Waals surface area contributed by atoms with Crippen molar-refractivity contribution in [2.75, 3.05) is 6.61 Å². The third-order valence-electron chi connectivity index (χ3n) is 1.26. The Balaban J connectivity index is 3.97. The highest BCUT2D eigenvalue weighted by Crippen LogP contribution is 2.04. The Morgan fingerprint density at radius 2 is 2.27 bits per heavy atom. The number of esters is 1. The molecule has 0 rings (SSSR count). The summed E-state index contributed by atoms with van der Waals surface area (Å²) in [6.45, 7) is 4.97. The Bertz CT molecular complexity index is 161. The topological polar surface area (TPSA) is 26.3 Å². The minimum Gasteiger partial charge on any atom is -0.463 e. The summed E-state index contributed by atoms with van der Waals surface area (Å²) in [6.07, 6.45) is 0.0909. The van der Waals surface area contributed by atoms with Gasteiger partial charge >= 0.3 is 5.97 Å². The van der Waals surface area contributed by atoms with Crippen LogP contribution in [0.4, 0.5) is 4.39 Å². The number of hydrogen-bond donors (Lipinski definition) is 0. The first-order valence-electron chi connectivity index (χ1n) is 3.57. The van der Waals surface area contributed by atoms with Crippen LogP contribution in [0.5, 0.6) is 0 Å². The highest BCUT2D eigenvalue weighted by molar-refractivity contribution is 5.82. The number of allylic oxidation sites excluding steroid dienone is 1. The van der Waals surface area contributed by atoms with Crippen molar-refractivity contribution >= 4 is 5.97 Å². The molecular weight excluding hydrogens is 147 g/mol. The van der Waals surface area contributed by atoms with Crippen molar-refractivity contribution in [3.05, 3.63) is 11.6 Å². The van der Waals surface area contributed by atoms with Crippen LogP contribution in [0.3, 0.4) is 0 Å². The molecule has 3 heteroatoms. The number of ether oxygens (including phenoxy) is 1. The molecule has 0 aromatic carbocycles. The van der Waals surface area contributed by atoms with Crippen LogP contribution < -0.4 is 0 Å². The van der Waals surface area contributed by atoms with Gasteiger partial charge in [0.25, 0.3) is 0 Å². The van der Waals surface area contributed by atoms with Gasteiger partial charge in [0.15, 0.2) is 0 Å². The van der Waals surface area contributed by atoms with Crippen LogP contribution in [0, 0.1) is 0 Å². The van der Waals surface area contributed by atoms with E-state index in [4.69, 9.17) is 0 Å². The lowest BCUT2D eigenvalue weighted by molar-refractivity contribution is -0.137. The van der Waals surface area contributed by atoms with Gasteiger partial charge in [-0.1, -0.05) is 0 Å². The molecule has 0 amide bonds. The third kappa shape index (κ3) is 4.53. The molecule has 0 aliphatic heterocycles. The fraction of sp³-hybridized carbons (Fsp3) is 0.625. The van der Waals surface area contributed by atoms with Crippen LogP contribution >= 0.6 is 0 Å². The van der Waals surface area contributed by atoms with Crippen LogP contribution in [-0.2, 0) is 9.53 Å². The molecule has 0 N–H and O–H groups in total. The maximum atomic E-state index is 12.4. The van der Waals surface area contributed by atoms with Crippen LogP contribution in [0.1, 0.15) is 20.8 Å². The predicted molar refractivity (Wildman–Crippen MR) is 41.0 cm³/mol. The van der Waals surface area contributed by atoms with E-state index in [2.05, 4.69) is 4.74 Å². The highest BCUT2D eigenvalue weighted by Gasteiger charge is 2.03. The quantitative estimate of drug-likeness (QED) is 0.465. The Morgan fingerprint density at radius 3 is 2.64 bits per heavy atom. The van der Waals surface area contributed by atoms with Crippen molar-refractivity contribution < 1.29 is 13.9 Å². The molecule has 0 bridgehead atoms. The van der Waals surface area contributed by atoms with Gasteiger partial charge < -0.3 is 4.74 Å². The minimum atomic E-state index is -1.08. The SMILES string of the molecule is CCOC(=O)C=C(C)C(C)F. The van der Waals surface area contributed by atoms with E-state index in [1.165, 1.54) is 13.0 Å². The van der Waals surface area contributed by atoms with Crippen molar-refractivity contribution in [2.24, 2.45) is 0 Å². The molecule has 0 radical (unpaired) electrons. The van der Waals surface area contributed by atoms with Crippen LogP contribution in [0.25, 0.3) is 0 Å². The lowest BCUT2D eigenvalue weighted by Gasteiger charge is -2.00. The van der Waals surface area contributed by atoms with E-state index in [0.29, 0.717) is 12.2 Å². The van der Waals surface area contributed by atoms with Gasteiger partial charge in [0.1, 0.15) is 6.17 Å². The van der Waals surface area contributed by atoms with Crippen LogP contribution in [0.2, 0.25) is 0 Å². The zero-order chi connectivity index (χ0) is 8.85. The van der Waals surface area contributed by atoms with Crippen molar-refractivity contribution in [2.45, 2.75) is 26.9 Å². The van der Waals surface area contributed by atoms with Gasteiger partial charge in [-0.25, -0.2) is 9.18 Å². The molecule has 0 aliphatic carbocycles. The van der Waals surface area contributed by atoms with Gasteiger partial charge in [-0.3, -0.25) is 0 Å². The molecule has 0 saturated carbocycles. The van der Waals surface area contributed by atoms with E-state index in [-0.39, 0.29) is 0 Å². The van der Waals surface area contributed by atoms with E-state index in [9.17, 15) is 9.18 Å². The number of carbonyl (C=O) groups is 1. The first-order chi connectivity index (χ1) is 5.07. The van der Waals surface area contributed by atoms with Crippen LogP contribution in [0.15, 0.2) is 11.6 Å². The summed E-state index contributed by atoms with van der Waals surface area (Å²) >= 11 is 0. The second-order valence-corrected chi connectivity index (χ2v) is 2.26. The predicted octanol–water partition coefficient (Wildman–Crippen LogP) is 1.85. The summed E-state index contributed by atoms with van der Waals surface area (Å²) < 4.78 is 17.0. The minimum absolute atomic E-state index is 0.323. The number of carbonyl (C=O) groups excluding carboxylic acids is 1.